The molecule has 3 heterocycles. The number of carbonyl (C=O) groups excluding carboxylic acids is 1. The molecule has 1 aliphatic heterocycles. The fourth-order valence-corrected chi connectivity index (χ4v) is 3.51. The van der Waals surface area contributed by atoms with Crippen molar-refractivity contribution in [1.29, 1.82) is 0 Å². The number of likely N-dealkylation sites (tertiary alicyclic amines) is 1. The van der Waals surface area contributed by atoms with Crippen molar-refractivity contribution in [3.63, 3.8) is 0 Å². The molecular formula is C19H19ClN4O2. The fraction of sp³-hybridized carbons (Fsp3) is 0.316. The maximum absolute atomic E-state index is 13.1. The van der Waals surface area contributed by atoms with E-state index in [1.807, 2.05) is 30.0 Å². The summed E-state index contributed by atoms with van der Waals surface area (Å²) in [5.41, 5.74) is 2.91. The van der Waals surface area contributed by atoms with E-state index in [0.717, 1.165) is 42.0 Å². The van der Waals surface area contributed by atoms with Crippen LogP contribution in [0.1, 0.15) is 47.2 Å². The number of benzene rings is 1. The van der Waals surface area contributed by atoms with Crippen molar-refractivity contribution in [2.45, 2.75) is 32.2 Å². The van der Waals surface area contributed by atoms with Crippen molar-refractivity contribution in [2.75, 3.05) is 6.54 Å². The summed E-state index contributed by atoms with van der Waals surface area (Å²) in [6, 6.07) is 11.0. The normalized spacial score (nSPS) is 17.5. The van der Waals surface area contributed by atoms with Gasteiger partial charge in [-0.25, -0.2) is 0 Å². The Morgan fingerprint density at radius 3 is 2.81 bits per heavy atom. The first-order valence-electron chi connectivity index (χ1n) is 8.67. The Kier molecular flexibility index (Phi) is 4.51. The zero-order valence-electron chi connectivity index (χ0n) is 14.4. The van der Waals surface area contributed by atoms with Gasteiger partial charge in [0.25, 0.3) is 5.91 Å². The maximum Gasteiger partial charge on any atom is 0.272 e. The summed E-state index contributed by atoms with van der Waals surface area (Å²) >= 11 is 5.93. The number of rotatable bonds is 3. The van der Waals surface area contributed by atoms with Crippen molar-refractivity contribution >= 4 is 17.5 Å². The van der Waals surface area contributed by atoms with Gasteiger partial charge in [0.15, 0.2) is 0 Å². The predicted molar refractivity (Wildman–Crippen MR) is 97.9 cm³/mol. The van der Waals surface area contributed by atoms with Gasteiger partial charge in [-0.2, -0.15) is 5.10 Å². The lowest BCUT2D eigenvalue weighted by Crippen LogP contribution is -2.38. The maximum atomic E-state index is 13.1. The van der Waals surface area contributed by atoms with Crippen LogP contribution in [0.15, 0.2) is 40.9 Å². The van der Waals surface area contributed by atoms with E-state index in [0.29, 0.717) is 17.3 Å². The molecule has 1 aromatic carbocycles. The van der Waals surface area contributed by atoms with E-state index in [1.165, 1.54) is 0 Å². The number of nitrogens with one attached hydrogen (secondary N) is 1. The number of hydrogen-bond donors (Lipinski definition) is 1. The zero-order valence-corrected chi connectivity index (χ0v) is 15.2. The van der Waals surface area contributed by atoms with E-state index in [-0.39, 0.29) is 11.9 Å². The molecule has 7 heteroatoms. The smallest absolute Gasteiger partial charge is 0.272 e. The second-order valence-electron chi connectivity index (χ2n) is 6.55. The van der Waals surface area contributed by atoms with Gasteiger partial charge in [0.1, 0.15) is 17.1 Å². The molecule has 1 amide bonds. The van der Waals surface area contributed by atoms with Gasteiger partial charge in [0, 0.05) is 23.2 Å². The average Bonchev–Trinajstić information content (AvgIpc) is 3.31. The molecule has 0 saturated carbocycles. The highest BCUT2D eigenvalue weighted by molar-refractivity contribution is 6.30. The number of H-pyrrole nitrogens is 1. The molecule has 0 spiro atoms. The lowest BCUT2D eigenvalue weighted by atomic mass is 9.98. The van der Waals surface area contributed by atoms with Crippen LogP contribution in [0.3, 0.4) is 0 Å². The number of aromatic nitrogens is 3. The molecule has 0 aliphatic carbocycles. The standard InChI is InChI=1S/C19H19ClN4O2/c1-12-10-16(23-26-12)18-4-2-3-9-24(18)19(25)17-11-15(21-22-17)13-5-7-14(20)8-6-13/h5-8,10-11,18H,2-4,9H2,1H3,(H,21,22)/t18-/m1/s1. The molecule has 1 atom stereocenters. The van der Waals surface area contributed by atoms with Gasteiger partial charge in [-0.3, -0.25) is 9.89 Å². The first-order valence-corrected chi connectivity index (χ1v) is 9.05. The number of aryl methyl sites for hydroxylation is 1. The number of nitrogens with zero attached hydrogens (tertiary/aromatic N) is 3. The summed E-state index contributed by atoms with van der Waals surface area (Å²) in [7, 11) is 0. The molecule has 1 saturated heterocycles. The Morgan fingerprint density at radius 2 is 2.08 bits per heavy atom. The highest BCUT2D eigenvalue weighted by Gasteiger charge is 2.31. The van der Waals surface area contributed by atoms with Gasteiger partial charge in [-0.15, -0.1) is 0 Å². The molecule has 3 aromatic rings. The van der Waals surface area contributed by atoms with Gasteiger partial charge >= 0.3 is 0 Å². The summed E-state index contributed by atoms with van der Waals surface area (Å²) in [5.74, 6) is 0.688. The van der Waals surface area contributed by atoms with Crippen molar-refractivity contribution in [1.82, 2.24) is 20.3 Å². The number of halogens is 1. The number of aromatic amines is 1. The average molecular weight is 371 g/mol. The molecule has 6 nitrogen and oxygen atoms in total. The molecule has 0 radical (unpaired) electrons. The second-order valence-corrected chi connectivity index (χ2v) is 6.98. The Bertz CT molecular complexity index is 916. The SMILES string of the molecule is Cc1cc([C@H]2CCCCN2C(=O)c2cc(-c3ccc(Cl)cc3)n[nH]2)no1. The summed E-state index contributed by atoms with van der Waals surface area (Å²) in [4.78, 5) is 14.9. The Morgan fingerprint density at radius 1 is 1.27 bits per heavy atom. The van der Waals surface area contributed by atoms with Crippen LogP contribution in [0, 0.1) is 6.92 Å². The Hall–Kier alpha value is -2.60. The summed E-state index contributed by atoms with van der Waals surface area (Å²) in [5, 5.41) is 11.9. The number of carbonyl (C=O) groups is 1. The first kappa shape index (κ1) is 16.8. The summed E-state index contributed by atoms with van der Waals surface area (Å²) < 4.78 is 5.20. The minimum absolute atomic E-state index is 0.0593. The molecule has 1 fully saturated rings. The number of amides is 1. The van der Waals surface area contributed by atoms with E-state index in [9.17, 15) is 4.79 Å². The molecule has 26 heavy (non-hydrogen) atoms. The molecule has 1 N–H and O–H groups in total. The second kappa shape index (κ2) is 6.96. The molecule has 2 aromatic heterocycles. The molecule has 0 bridgehead atoms. The fourth-order valence-electron chi connectivity index (χ4n) is 3.38. The van der Waals surface area contributed by atoms with Crippen molar-refractivity contribution in [3.8, 4) is 11.3 Å². The summed E-state index contributed by atoms with van der Waals surface area (Å²) in [6.07, 6.45) is 2.94. The van der Waals surface area contributed by atoms with Crippen LogP contribution in [0.4, 0.5) is 0 Å². The lowest BCUT2D eigenvalue weighted by molar-refractivity contribution is 0.0595. The predicted octanol–water partition coefficient (Wildman–Crippen LogP) is 4.39. The Labute approximate surface area is 156 Å². The molecule has 1 aliphatic rings. The van der Waals surface area contributed by atoms with E-state index in [4.69, 9.17) is 16.1 Å². The molecule has 134 valence electrons. The van der Waals surface area contributed by atoms with Gasteiger partial charge in [-0.1, -0.05) is 28.9 Å². The van der Waals surface area contributed by atoms with E-state index in [1.54, 1.807) is 18.2 Å². The monoisotopic (exact) mass is 370 g/mol. The Balaban J connectivity index is 1.59. The molecular weight excluding hydrogens is 352 g/mol. The third-order valence-corrected chi connectivity index (χ3v) is 4.95. The van der Waals surface area contributed by atoms with Gasteiger partial charge in [0.2, 0.25) is 0 Å². The number of hydrogen-bond acceptors (Lipinski definition) is 4. The minimum atomic E-state index is -0.0666. The van der Waals surface area contributed by atoms with E-state index in [2.05, 4.69) is 15.4 Å². The third-order valence-electron chi connectivity index (χ3n) is 4.70. The van der Waals surface area contributed by atoms with Crippen molar-refractivity contribution in [2.24, 2.45) is 0 Å². The minimum Gasteiger partial charge on any atom is -0.361 e. The topological polar surface area (TPSA) is 75.0 Å². The lowest BCUT2D eigenvalue weighted by Gasteiger charge is -2.34. The van der Waals surface area contributed by atoms with Gasteiger partial charge < -0.3 is 9.42 Å². The number of piperidine rings is 1. The van der Waals surface area contributed by atoms with Crippen LogP contribution in [0.2, 0.25) is 5.02 Å². The zero-order chi connectivity index (χ0) is 18.1. The van der Waals surface area contributed by atoms with Crippen molar-refractivity contribution < 1.29 is 9.32 Å². The van der Waals surface area contributed by atoms with E-state index >= 15 is 0 Å². The van der Waals surface area contributed by atoms with Crippen molar-refractivity contribution in [3.05, 3.63) is 58.6 Å². The van der Waals surface area contributed by atoms with Crippen LogP contribution >= 0.6 is 11.6 Å². The quantitative estimate of drug-likeness (QED) is 0.741. The van der Waals surface area contributed by atoms with Crippen LogP contribution in [0.5, 0.6) is 0 Å². The summed E-state index contributed by atoms with van der Waals surface area (Å²) in [6.45, 7) is 2.56. The largest absolute Gasteiger partial charge is 0.361 e. The third kappa shape index (κ3) is 3.24. The van der Waals surface area contributed by atoms with Crippen LogP contribution < -0.4 is 0 Å². The van der Waals surface area contributed by atoms with Crippen LogP contribution in [0.25, 0.3) is 11.3 Å². The van der Waals surface area contributed by atoms with E-state index < -0.39 is 0 Å². The highest BCUT2D eigenvalue weighted by atomic mass is 35.5. The van der Waals surface area contributed by atoms with Crippen LogP contribution in [-0.2, 0) is 0 Å². The molecule has 0 unspecified atom stereocenters. The van der Waals surface area contributed by atoms with Gasteiger partial charge in [0.05, 0.1) is 11.7 Å². The van der Waals surface area contributed by atoms with Crippen LogP contribution in [-0.4, -0.2) is 32.7 Å². The first-order chi connectivity index (χ1) is 12.6. The van der Waals surface area contributed by atoms with Gasteiger partial charge in [-0.05, 0) is 44.4 Å². The molecule has 4 rings (SSSR count). The highest BCUT2D eigenvalue weighted by Crippen LogP contribution is 2.32.